The predicted octanol–water partition coefficient (Wildman–Crippen LogP) is 4.42. The van der Waals surface area contributed by atoms with Crippen LogP contribution in [0.5, 0.6) is 17.2 Å². The fourth-order valence-corrected chi connectivity index (χ4v) is 3.35. The van der Waals surface area contributed by atoms with Gasteiger partial charge in [-0.3, -0.25) is 9.59 Å². The van der Waals surface area contributed by atoms with E-state index >= 15 is 0 Å². The van der Waals surface area contributed by atoms with Gasteiger partial charge in [0.1, 0.15) is 12.4 Å². The van der Waals surface area contributed by atoms with Crippen molar-refractivity contribution in [3.63, 3.8) is 0 Å². The van der Waals surface area contributed by atoms with Gasteiger partial charge in [0.15, 0.2) is 11.5 Å². The van der Waals surface area contributed by atoms with E-state index in [9.17, 15) is 9.59 Å². The zero-order valence-corrected chi connectivity index (χ0v) is 18.2. The van der Waals surface area contributed by atoms with E-state index in [1.807, 2.05) is 60.7 Å². The van der Waals surface area contributed by atoms with Crippen LogP contribution in [0.25, 0.3) is 0 Å². The van der Waals surface area contributed by atoms with Crippen molar-refractivity contribution in [2.45, 2.75) is 32.4 Å². The quantitative estimate of drug-likeness (QED) is 0.482. The van der Waals surface area contributed by atoms with Gasteiger partial charge in [0.05, 0.1) is 0 Å². The highest BCUT2D eigenvalue weighted by Gasteiger charge is 2.13. The summed E-state index contributed by atoms with van der Waals surface area (Å²) in [5, 5.41) is 5.71. The van der Waals surface area contributed by atoms with E-state index in [1.54, 1.807) is 12.1 Å². The van der Waals surface area contributed by atoms with E-state index in [0.29, 0.717) is 36.8 Å². The Bertz CT molecular complexity index is 1080. The summed E-state index contributed by atoms with van der Waals surface area (Å²) in [6.07, 6.45) is 1.02. The third-order valence-corrected chi connectivity index (χ3v) is 5.12. The minimum atomic E-state index is -0.128. The maximum atomic E-state index is 12.2. The van der Waals surface area contributed by atoms with Gasteiger partial charge in [-0.2, -0.15) is 0 Å². The molecule has 2 N–H and O–H groups in total. The van der Waals surface area contributed by atoms with Crippen LogP contribution in [-0.4, -0.2) is 18.6 Å². The van der Waals surface area contributed by atoms with Crippen molar-refractivity contribution in [1.29, 1.82) is 0 Å². The van der Waals surface area contributed by atoms with Gasteiger partial charge in [0.25, 0.3) is 0 Å². The maximum absolute atomic E-state index is 12.2. The molecule has 7 nitrogen and oxygen atoms in total. The van der Waals surface area contributed by atoms with E-state index in [4.69, 9.17) is 14.2 Å². The number of ether oxygens (including phenoxy) is 3. The van der Waals surface area contributed by atoms with Crippen molar-refractivity contribution in [2.24, 2.45) is 0 Å². The zero-order valence-electron chi connectivity index (χ0n) is 18.2. The van der Waals surface area contributed by atoms with Gasteiger partial charge in [-0.1, -0.05) is 36.4 Å². The number of fused-ring (bicyclic) bond motifs is 1. The van der Waals surface area contributed by atoms with Gasteiger partial charge in [-0.15, -0.1) is 0 Å². The molecule has 4 rings (SSSR count). The minimum Gasteiger partial charge on any atom is -0.489 e. The average Bonchev–Trinajstić information content (AvgIpc) is 3.31. The number of benzene rings is 3. The molecule has 170 valence electrons. The Morgan fingerprint density at radius 2 is 1.58 bits per heavy atom. The van der Waals surface area contributed by atoms with Crippen molar-refractivity contribution < 1.29 is 23.8 Å². The van der Waals surface area contributed by atoms with E-state index in [2.05, 4.69) is 10.6 Å². The molecule has 0 aliphatic carbocycles. The lowest BCUT2D eigenvalue weighted by Crippen LogP contribution is -2.23. The van der Waals surface area contributed by atoms with Crippen LogP contribution in [0.4, 0.5) is 5.69 Å². The van der Waals surface area contributed by atoms with Gasteiger partial charge in [-0.05, 0) is 53.9 Å². The first kappa shape index (κ1) is 22.2. The molecule has 3 aromatic rings. The number of anilines is 1. The summed E-state index contributed by atoms with van der Waals surface area (Å²) in [5.41, 5.74) is 2.72. The Labute approximate surface area is 192 Å². The second-order valence-corrected chi connectivity index (χ2v) is 7.66. The molecule has 1 heterocycles. The van der Waals surface area contributed by atoms with Crippen molar-refractivity contribution in [2.75, 3.05) is 12.1 Å². The number of nitrogens with one attached hydrogen (secondary N) is 2. The van der Waals surface area contributed by atoms with Crippen LogP contribution in [0.1, 0.15) is 30.4 Å². The summed E-state index contributed by atoms with van der Waals surface area (Å²) in [6.45, 7) is 1.11. The molecule has 2 amide bonds. The molecular formula is C26H26N2O5. The first-order valence-corrected chi connectivity index (χ1v) is 10.9. The van der Waals surface area contributed by atoms with Crippen molar-refractivity contribution in [3.8, 4) is 17.2 Å². The Balaban J connectivity index is 1.12. The summed E-state index contributed by atoms with van der Waals surface area (Å²) in [5.74, 6) is 1.91. The molecule has 1 aliphatic heterocycles. The number of hydrogen-bond acceptors (Lipinski definition) is 5. The standard InChI is InChI=1S/C26H26N2O5/c29-25(27-16-20-9-14-23-24(15-20)33-18-32-23)7-4-8-26(30)28-21-10-12-22(13-11-21)31-17-19-5-2-1-3-6-19/h1-3,5-6,9-15H,4,7-8,16-18H2,(H,27,29)(H,28,30). The Hall–Kier alpha value is -4.00. The van der Waals surface area contributed by atoms with Crippen LogP contribution in [0.15, 0.2) is 72.8 Å². The van der Waals surface area contributed by atoms with Crippen LogP contribution in [-0.2, 0) is 22.7 Å². The highest BCUT2D eigenvalue weighted by atomic mass is 16.7. The lowest BCUT2D eigenvalue weighted by Gasteiger charge is -2.09. The van der Waals surface area contributed by atoms with Gasteiger partial charge in [0, 0.05) is 25.1 Å². The summed E-state index contributed by atoms with van der Waals surface area (Å²) in [6, 6.07) is 22.7. The van der Waals surface area contributed by atoms with Crippen molar-refractivity contribution >= 4 is 17.5 Å². The van der Waals surface area contributed by atoms with Crippen molar-refractivity contribution in [3.05, 3.63) is 83.9 Å². The topological polar surface area (TPSA) is 85.9 Å². The van der Waals surface area contributed by atoms with Crippen molar-refractivity contribution in [1.82, 2.24) is 5.32 Å². The zero-order chi connectivity index (χ0) is 22.9. The maximum Gasteiger partial charge on any atom is 0.231 e. The van der Waals surface area contributed by atoms with Gasteiger partial charge < -0.3 is 24.8 Å². The first-order valence-electron chi connectivity index (χ1n) is 10.9. The van der Waals surface area contributed by atoms with Crippen LogP contribution >= 0.6 is 0 Å². The van der Waals surface area contributed by atoms with Gasteiger partial charge >= 0.3 is 0 Å². The predicted molar refractivity (Wildman–Crippen MR) is 124 cm³/mol. The number of carbonyl (C=O) groups excluding carboxylic acids is 2. The molecule has 0 saturated carbocycles. The average molecular weight is 447 g/mol. The molecule has 0 unspecified atom stereocenters. The van der Waals surface area contributed by atoms with E-state index in [-0.39, 0.29) is 31.4 Å². The van der Waals surface area contributed by atoms with E-state index < -0.39 is 0 Å². The molecular weight excluding hydrogens is 420 g/mol. The molecule has 0 radical (unpaired) electrons. The Morgan fingerprint density at radius 3 is 2.39 bits per heavy atom. The second kappa shape index (κ2) is 11.0. The molecule has 0 atom stereocenters. The number of hydrogen-bond donors (Lipinski definition) is 2. The van der Waals surface area contributed by atoms with E-state index in [1.165, 1.54) is 0 Å². The third-order valence-electron chi connectivity index (χ3n) is 5.12. The summed E-state index contributed by atoms with van der Waals surface area (Å²) in [7, 11) is 0. The fourth-order valence-electron chi connectivity index (χ4n) is 3.35. The molecule has 1 aliphatic rings. The molecule has 3 aromatic carbocycles. The molecule has 7 heteroatoms. The molecule has 0 saturated heterocycles. The lowest BCUT2D eigenvalue weighted by atomic mass is 10.2. The summed E-state index contributed by atoms with van der Waals surface area (Å²) < 4.78 is 16.4. The molecule has 0 fully saturated rings. The van der Waals surface area contributed by atoms with E-state index in [0.717, 1.165) is 16.9 Å². The van der Waals surface area contributed by atoms with Gasteiger partial charge in [0.2, 0.25) is 18.6 Å². The highest BCUT2D eigenvalue weighted by Crippen LogP contribution is 2.32. The number of amides is 2. The van der Waals surface area contributed by atoms with Crippen LogP contribution in [0, 0.1) is 0 Å². The monoisotopic (exact) mass is 446 g/mol. The highest BCUT2D eigenvalue weighted by molar-refractivity contribution is 5.91. The van der Waals surface area contributed by atoms with Crippen LogP contribution < -0.4 is 24.8 Å². The third kappa shape index (κ3) is 6.74. The molecule has 0 spiro atoms. The first-order chi connectivity index (χ1) is 16.2. The second-order valence-electron chi connectivity index (χ2n) is 7.66. The number of carbonyl (C=O) groups is 2. The molecule has 33 heavy (non-hydrogen) atoms. The fraction of sp³-hybridized carbons (Fsp3) is 0.231. The Morgan fingerprint density at radius 1 is 0.818 bits per heavy atom. The molecule has 0 aromatic heterocycles. The smallest absolute Gasteiger partial charge is 0.231 e. The number of rotatable bonds is 10. The van der Waals surface area contributed by atoms with Crippen LogP contribution in [0.2, 0.25) is 0 Å². The summed E-state index contributed by atoms with van der Waals surface area (Å²) in [4.78, 5) is 24.3. The minimum absolute atomic E-state index is 0.0969. The summed E-state index contributed by atoms with van der Waals surface area (Å²) >= 11 is 0. The molecule has 0 bridgehead atoms. The largest absolute Gasteiger partial charge is 0.489 e. The lowest BCUT2D eigenvalue weighted by molar-refractivity contribution is -0.121. The Kier molecular flexibility index (Phi) is 7.43. The van der Waals surface area contributed by atoms with Crippen LogP contribution in [0.3, 0.4) is 0 Å². The normalized spacial score (nSPS) is 11.6. The van der Waals surface area contributed by atoms with Gasteiger partial charge in [-0.25, -0.2) is 0 Å². The SMILES string of the molecule is O=C(CCCC(=O)Nc1ccc(OCc2ccccc2)cc1)NCc1ccc2c(c1)OCO2.